The number of aliphatic hydroxyl groups excluding tert-OH is 1. The van der Waals surface area contributed by atoms with E-state index >= 15 is 0 Å². The minimum absolute atomic E-state index is 0.0682. The summed E-state index contributed by atoms with van der Waals surface area (Å²) in [6.07, 6.45) is 2.34. The maximum atomic E-state index is 12.6. The summed E-state index contributed by atoms with van der Waals surface area (Å²) < 4.78 is 38.2. The van der Waals surface area contributed by atoms with Gasteiger partial charge in [0.05, 0.1) is 26.9 Å². The summed E-state index contributed by atoms with van der Waals surface area (Å²) >= 11 is 0. The van der Waals surface area contributed by atoms with Gasteiger partial charge in [-0.3, -0.25) is 0 Å². The predicted molar refractivity (Wildman–Crippen MR) is 133 cm³/mol. The Balaban J connectivity index is 1.59. The van der Waals surface area contributed by atoms with Crippen LogP contribution in [0.2, 0.25) is 0 Å². The second-order valence-electron chi connectivity index (χ2n) is 12.2. The number of carbonyl (C=O) groups is 3. The minimum atomic E-state index is -0.833. The van der Waals surface area contributed by atoms with Gasteiger partial charge in [-0.1, -0.05) is 19.4 Å². The highest BCUT2D eigenvalue weighted by Crippen LogP contribution is 2.70. The first-order chi connectivity index (χ1) is 18.5. The monoisotopic (exact) mass is 552 g/mol. The van der Waals surface area contributed by atoms with Gasteiger partial charge in [0.2, 0.25) is 0 Å². The van der Waals surface area contributed by atoms with Crippen LogP contribution in [0.3, 0.4) is 0 Å². The van der Waals surface area contributed by atoms with Crippen molar-refractivity contribution in [2.75, 3.05) is 21.3 Å². The van der Waals surface area contributed by atoms with Crippen LogP contribution in [0.4, 0.5) is 14.4 Å². The molecule has 39 heavy (non-hydrogen) atoms. The molecule has 5 aliphatic rings. The smallest absolute Gasteiger partial charge is 0.438 e. The Morgan fingerprint density at radius 2 is 1.54 bits per heavy atom. The lowest BCUT2D eigenvalue weighted by molar-refractivity contribution is -0.221. The van der Waals surface area contributed by atoms with Gasteiger partial charge >= 0.3 is 18.5 Å². The highest BCUT2D eigenvalue weighted by atomic mass is 16.7. The third-order valence-electron chi connectivity index (χ3n) is 10.7. The molecule has 6 unspecified atom stereocenters. The second-order valence-corrected chi connectivity index (χ2v) is 12.2. The van der Waals surface area contributed by atoms with Gasteiger partial charge in [0.15, 0.2) is 6.29 Å². The number of hydrogen-bond acceptors (Lipinski definition) is 11. The number of carbonyl (C=O) groups excluding carboxylic acids is 3. The number of hydrogen-bond donors (Lipinski definition) is 1. The molecule has 0 aromatic carbocycles. The lowest BCUT2D eigenvalue weighted by Gasteiger charge is -2.62. The van der Waals surface area contributed by atoms with E-state index in [0.29, 0.717) is 38.5 Å². The number of fused-ring (bicyclic) bond motifs is 6. The van der Waals surface area contributed by atoms with Gasteiger partial charge in [-0.15, -0.1) is 0 Å². The Labute approximate surface area is 228 Å². The average molecular weight is 553 g/mol. The maximum absolute atomic E-state index is 12.6. The molecular weight excluding hydrogens is 512 g/mol. The zero-order chi connectivity index (χ0) is 28.2. The first-order valence-corrected chi connectivity index (χ1v) is 13.8. The summed E-state index contributed by atoms with van der Waals surface area (Å²) in [7, 11) is 3.83. The molecule has 5 rings (SSSR count). The van der Waals surface area contributed by atoms with Crippen LogP contribution < -0.4 is 0 Å². The molecule has 0 aromatic heterocycles. The van der Waals surface area contributed by atoms with Crippen molar-refractivity contribution in [2.45, 2.75) is 95.4 Å². The summed E-state index contributed by atoms with van der Waals surface area (Å²) in [6, 6.07) is 0. The normalized spacial score (nSPS) is 44.3. The number of aliphatic hydroxyl groups is 1. The van der Waals surface area contributed by atoms with Crippen molar-refractivity contribution >= 4 is 18.5 Å². The van der Waals surface area contributed by atoms with E-state index in [9.17, 15) is 19.5 Å². The number of rotatable bonds is 3. The topological polar surface area (TPSA) is 136 Å². The van der Waals surface area contributed by atoms with Crippen LogP contribution in [-0.2, 0) is 33.2 Å². The SMILES string of the molecule is COC(=O)OC1C=C2C[C@@H](OC(=O)OC)CC[C@]2(C)C2C(OC(=O)OC)C[C@@]3(C)C(CC[C@@]34CCC(O)O4)C12. The molecule has 1 heterocycles. The van der Waals surface area contributed by atoms with Crippen LogP contribution in [-0.4, -0.2) is 75.1 Å². The van der Waals surface area contributed by atoms with Gasteiger partial charge in [0.25, 0.3) is 0 Å². The first kappa shape index (κ1) is 28.0. The highest BCUT2D eigenvalue weighted by molar-refractivity contribution is 5.61. The Morgan fingerprint density at radius 3 is 2.18 bits per heavy atom. The Morgan fingerprint density at radius 1 is 0.897 bits per heavy atom. The van der Waals surface area contributed by atoms with Gasteiger partial charge in [-0.25, -0.2) is 14.4 Å². The summed E-state index contributed by atoms with van der Waals surface area (Å²) in [5.74, 6) is -0.339. The van der Waals surface area contributed by atoms with Crippen molar-refractivity contribution in [1.29, 1.82) is 0 Å². The second kappa shape index (κ2) is 10.1. The highest BCUT2D eigenvalue weighted by Gasteiger charge is 2.71. The van der Waals surface area contributed by atoms with E-state index in [1.165, 1.54) is 21.3 Å². The largest absolute Gasteiger partial charge is 0.508 e. The third kappa shape index (κ3) is 4.45. The lowest BCUT2D eigenvalue weighted by Crippen LogP contribution is -2.63. The van der Waals surface area contributed by atoms with Crippen LogP contribution in [0, 0.1) is 28.6 Å². The zero-order valence-electron chi connectivity index (χ0n) is 23.3. The van der Waals surface area contributed by atoms with E-state index in [4.69, 9.17) is 33.2 Å². The Kier molecular flexibility index (Phi) is 7.28. The average Bonchev–Trinajstić information content (AvgIpc) is 3.43. The van der Waals surface area contributed by atoms with Crippen LogP contribution >= 0.6 is 0 Å². The molecule has 0 bridgehead atoms. The lowest BCUT2D eigenvalue weighted by atomic mass is 9.45. The molecule has 218 valence electrons. The molecule has 4 fully saturated rings. The quantitative estimate of drug-likeness (QED) is 0.301. The third-order valence-corrected chi connectivity index (χ3v) is 10.7. The molecule has 1 saturated heterocycles. The summed E-state index contributed by atoms with van der Waals surface area (Å²) in [5.41, 5.74) is -0.440. The van der Waals surface area contributed by atoms with E-state index in [-0.39, 0.29) is 23.9 Å². The van der Waals surface area contributed by atoms with E-state index in [0.717, 1.165) is 18.4 Å². The number of ether oxygens (including phenoxy) is 7. The molecule has 3 saturated carbocycles. The molecule has 11 heteroatoms. The molecule has 0 aromatic rings. The first-order valence-electron chi connectivity index (χ1n) is 13.8. The van der Waals surface area contributed by atoms with Crippen molar-refractivity contribution < 1.29 is 52.6 Å². The van der Waals surface area contributed by atoms with E-state index in [1.807, 2.05) is 6.08 Å². The van der Waals surface area contributed by atoms with Crippen molar-refractivity contribution in [3.05, 3.63) is 11.6 Å². The fourth-order valence-corrected chi connectivity index (χ4v) is 8.93. The fourth-order valence-electron chi connectivity index (χ4n) is 8.93. The van der Waals surface area contributed by atoms with Crippen molar-refractivity contribution in [2.24, 2.45) is 28.6 Å². The summed E-state index contributed by atoms with van der Waals surface area (Å²) in [4.78, 5) is 36.9. The molecule has 10 atom stereocenters. The Hall–Kier alpha value is -2.53. The molecule has 0 amide bonds. The Bertz CT molecular complexity index is 1030. The van der Waals surface area contributed by atoms with Gasteiger partial charge in [0, 0.05) is 30.1 Å². The van der Waals surface area contributed by atoms with Crippen molar-refractivity contribution in [1.82, 2.24) is 0 Å². The van der Waals surface area contributed by atoms with Crippen LogP contribution in [0.5, 0.6) is 0 Å². The van der Waals surface area contributed by atoms with E-state index < -0.39 is 53.4 Å². The van der Waals surface area contributed by atoms with Crippen LogP contribution in [0.1, 0.15) is 65.2 Å². The zero-order valence-corrected chi connectivity index (χ0v) is 23.3. The molecule has 1 aliphatic heterocycles. The van der Waals surface area contributed by atoms with Gasteiger partial charge in [0.1, 0.15) is 18.3 Å². The summed E-state index contributed by atoms with van der Waals surface area (Å²) in [5, 5.41) is 10.4. The minimum Gasteiger partial charge on any atom is -0.438 e. The fraction of sp³-hybridized carbons (Fsp3) is 0.821. The molecular formula is C28H40O11. The van der Waals surface area contributed by atoms with Crippen molar-refractivity contribution in [3.63, 3.8) is 0 Å². The van der Waals surface area contributed by atoms with Gasteiger partial charge in [-0.2, -0.15) is 0 Å². The van der Waals surface area contributed by atoms with Crippen LogP contribution in [0.15, 0.2) is 11.6 Å². The molecule has 1 spiro atoms. The molecule has 11 nitrogen and oxygen atoms in total. The van der Waals surface area contributed by atoms with E-state index in [1.54, 1.807) is 0 Å². The van der Waals surface area contributed by atoms with Gasteiger partial charge in [-0.05, 0) is 55.9 Å². The molecule has 4 aliphatic carbocycles. The molecule has 1 N–H and O–H groups in total. The van der Waals surface area contributed by atoms with Crippen molar-refractivity contribution in [3.8, 4) is 0 Å². The van der Waals surface area contributed by atoms with Gasteiger partial charge < -0.3 is 38.3 Å². The predicted octanol–water partition coefficient (Wildman–Crippen LogP) is 4.49. The van der Waals surface area contributed by atoms with E-state index in [2.05, 4.69) is 13.8 Å². The number of methoxy groups -OCH3 is 3. The standard InChI is InChI=1S/C28H40O11/c1-26-9-6-16(36-23(30)33-3)12-15(26)13-18(37-24(31)34-4)21-17-7-10-28(11-8-20(29)39-28)27(17,2)14-19(22(21)26)38-25(32)35-5/h13,16-22,29H,6-12,14H2,1-5H3/t16-,17?,18?,19?,20?,21?,22?,26-,27-,28+/m0/s1. The maximum Gasteiger partial charge on any atom is 0.508 e. The van der Waals surface area contributed by atoms with Crippen LogP contribution in [0.25, 0.3) is 0 Å². The summed E-state index contributed by atoms with van der Waals surface area (Å²) in [6.45, 7) is 4.32. The molecule has 0 radical (unpaired) electrons.